The van der Waals surface area contributed by atoms with Crippen LogP contribution >= 0.6 is 0 Å². The first kappa shape index (κ1) is 21.6. The third kappa shape index (κ3) is 6.41. The zero-order valence-corrected chi connectivity index (χ0v) is 15.6. The molecule has 1 N–H and O–H groups in total. The molecule has 0 aliphatic heterocycles. The minimum atomic E-state index is -4.38. The Labute approximate surface area is 145 Å². The SMILES string of the molecule is CN=Nc1ccc(S(=O)(=O)CCOCS(=O)(=O)O)cc1S(=O)(=O)OC. The van der Waals surface area contributed by atoms with Crippen LogP contribution in [0.3, 0.4) is 0 Å². The first-order chi connectivity index (χ1) is 11.4. The molecule has 0 aromatic heterocycles. The predicted molar refractivity (Wildman–Crippen MR) is 85.5 cm³/mol. The molecule has 0 amide bonds. The molecule has 0 saturated heterocycles. The van der Waals surface area contributed by atoms with E-state index in [9.17, 15) is 25.3 Å². The monoisotopic (exact) mass is 416 g/mol. The first-order valence-corrected chi connectivity index (χ1v) is 11.1. The summed E-state index contributed by atoms with van der Waals surface area (Å²) < 4.78 is 86.6. The van der Waals surface area contributed by atoms with Crippen LogP contribution in [0.4, 0.5) is 5.69 Å². The standard InChI is InChI=1S/C11H16N2O9S3/c1-12-13-10-4-3-9(7-11(10)25(19,20)21-2)23(14,15)6-5-22-8-24(16,17)18/h3-4,7H,5-6,8H2,1-2H3,(H,16,17,18). The molecule has 0 aliphatic carbocycles. The van der Waals surface area contributed by atoms with Crippen molar-refractivity contribution < 1.29 is 38.7 Å². The number of ether oxygens (including phenoxy) is 1. The number of benzene rings is 1. The van der Waals surface area contributed by atoms with Crippen molar-refractivity contribution in [1.29, 1.82) is 0 Å². The van der Waals surface area contributed by atoms with E-state index in [1.165, 1.54) is 7.05 Å². The minimum absolute atomic E-state index is 0.106. The highest BCUT2D eigenvalue weighted by Crippen LogP contribution is 2.29. The van der Waals surface area contributed by atoms with Gasteiger partial charge in [0.05, 0.1) is 24.4 Å². The van der Waals surface area contributed by atoms with Crippen molar-refractivity contribution in [3.05, 3.63) is 18.2 Å². The summed E-state index contributed by atoms with van der Waals surface area (Å²) in [6.45, 7) is -0.523. The normalized spacial score (nSPS) is 13.4. The number of hydrogen-bond donors (Lipinski definition) is 1. The van der Waals surface area contributed by atoms with Gasteiger partial charge >= 0.3 is 0 Å². The lowest BCUT2D eigenvalue weighted by molar-refractivity contribution is 0.187. The van der Waals surface area contributed by atoms with E-state index >= 15 is 0 Å². The van der Waals surface area contributed by atoms with Gasteiger partial charge in [-0.3, -0.25) is 8.74 Å². The van der Waals surface area contributed by atoms with Crippen LogP contribution in [-0.4, -0.2) is 62.3 Å². The number of sulfone groups is 1. The average molecular weight is 416 g/mol. The molecule has 0 atom stereocenters. The summed E-state index contributed by atoms with van der Waals surface area (Å²) in [7, 11) is -10.4. The number of hydrogen-bond acceptors (Lipinski definition) is 10. The van der Waals surface area contributed by atoms with Gasteiger partial charge in [0.1, 0.15) is 10.6 Å². The van der Waals surface area contributed by atoms with Crippen LogP contribution < -0.4 is 0 Å². The van der Waals surface area contributed by atoms with Crippen LogP contribution in [0.25, 0.3) is 0 Å². The molecule has 0 spiro atoms. The van der Waals surface area contributed by atoms with Gasteiger partial charge in [-0.05, 0) is 18.2 Å². The van der Waals surface area contributed by atoms with E-state index in [1.54, 1.807) is 0 Å². The summed E-state index contributed by atoms with van der Waals surface area (Å²) in [6, 6.07) is 3.13. The molecule has 14 heteroatoms. The van der Waals surface area contributed by atoms with Gasteiger partial charge in [-0.2, -0.15) is 27.1 Å². The molecule has 0 saturated carbocycles. The summed E-state index contributed by atoms with van der Waals surface area (Å²) >= 11 is 0. The van der Waals surface area contributed by atoms with Gasteiger partial charge < -0.3 is 4.74 Å². The molecule has 1 aromatic rings. The lowest BCUT2D eigenvalue weighted by Gasteiger charge is -2.09. The predicted octanol–water partition coefficient (Wildman–Crippen LogP) is 0.371. The molecule has 25 heavy (non-hydrogen) atoms. The fourth-order valence-corrected chi connectivity index (χ4v) is 3.98. The molecule has 0 unspecified atom stereocenters. The highest BCUT2D eigenvalue weighted by atomic mass is 32.2. The van der Waals surface area contributed by atoms with Gasteiger partial charge in [-0.15, -0.1) is 0 Å². The van der Waals surface area contributed by atoms with Crippen LogP contribution in [0.2, 0.25) is 0 Å². The molecule has 0 aliphatic rings. The summed E-state index contributed by atoms with van der Waals surface area (Å²) in [5.41, 5.74) is -0.106. The average Bonchev–Trinajstić information content (AvgIpc) is 2.51. The topological polar surface area (TPSA) is 166 Å². The van der Waals surface area contributed by atoms with Crippen LogP contribution in [0.5, 0.6) is 0 Å². The van der Waals surface area contributed by atoms with Crippen molar-refractivity contribution >= 4 is 35.8 Å². The van der Waals surface area contributed by atoms with Gasteiger partial charge in [0.15, 0.2) is 15.8 Å². The van der Waals surface area contributed by atoms with E-state index in [1.807, 2.05) is 0 Å². The molecule has 0 fully saturated rings. The van der Waals surface area contributed by atoms with Gasteiger partial charge in [-0.1, -0.05) is 0 Å². The number of azo groups is 1. The Bertz CT molecular complexity index is 951. The van der Waals surface area contributed by atoms with Crippen molar-refractivity contribution in [2.75, 3.05) is 32.5 Å². The summed E-state index contributed by atoms with van der Waals surface area (Å²) in [4.78, 5) is -0.839. The van der Waals surface area contributed by atoms with E-state index in [2.05, 4.69) is 19.1 Å². The van der Waals surface area contributed by atoms with Gasteiger partial charge in [0, 0.05) is 7.05 Å². The zero-order chi connectivity index (χ0) is 19.3. The molecule has 11 nitrogen and oxygen atoms in total. The highest BCUT2D eigenvalue weighted by molar-refractivity contribution is 7.91. The fourth-order valence-electron chi connectivity index (χ4n) is 1.62. The van der Waals surface area contributed by atoms with Crippen molar-refractivity contribution in [1.82, 2.24) is 0 Å². The van der Waals surface area contributed by atoms with Crippen LogP contribution in [0.15, 0.2) is 38.2 Å². The Morgan fingerprint density at radius 3 is 2.28 bits per heavy atom. The summed E-state index contributed by atoms with van der Waals surface area (Å²) in [5.74, 6) is -1.69. The first-order valence-electron chi connectivity index (χ1n) is 6.43. The third-order valence-corrected chi connectivity index (χ3v) is 6.16. The fraction of sp³-hybridized carbons (Fsp3) is 0.455. The van der Waals surface area contributed by atoms with E-state index in [0.29, 0.717) is 0 Å². The van der Waals surface area contributed by atoms with E-state index < -0.39 is 53.3 Å². The minimum Gasteiger partial charge on any atom is -0.362 e. The van der Waals surface area contributed by atoms with Crippen LogP contribution in [0.1, 0.15) is 0 Å². The molecule has 1 aromatic carbocycles. The van der Waals surface area contributed by atoms with Crippen LogP contribution in [-0.2, 0) is 39.0 Å². The van der Waals surface area contributed by atoms with E-state index in [0.717, 1.165) is 25.3 Å². The third-order valence-electron chi connectivity index (χ3n) is 2.72. The second-order valence-corrected chi connectivity index (χ2v) is 9.67. The Hall–Kier alpha value is -1.45. The van der Waals surface area contributed by atoms with Gasteiger partial charge in [0.2, 0.25) is 0 Å². The Morgan fingerprint density at radius 1 is 1.12 bits per heavy atom. The molecular weight excluding hydrogens is 400 g/mol. The molecule has 0 bridgehead atoms. The van der Waals surface area contributed by atoms with Gasteiger partial charge in [0.25, 0.3) is 20.2 Å². The van der Waals surface area contributed by atoms with Crippen molar-refractivity contribution in [3.63, 3.8) is 0 Å². The second kappa shape index (κ2) is 8.29. The second-order valence-electron chi connectivity index (χ2n) is 4.48. The van der Waals surface area contributed by atoms with E-state index in [-0.39, 0.29) is 10.6 Å². The molecule has 0 radical (unpaired) electrons. The Balaban J connectivity index is 3.14. The Kier molecular flexibility index (Phi) is 7.16. The maximum atomic E-state index is 12.2. The molecular formula is C11H16N2O9S3. The van der Waals surface area contributed by atoms with Crippen molar-refractivity contribution in [2.24, 2.45) is 10.2 Å². The highest BCUT2D eigenvalue weighted by Gasteiger charge is 2.23. The Morgan fingerprint density at radius 2 is 1.76 bits per heavy atom. The maximum absolute atomic E-state index is 12.2. The molecule has 0 heterocycles. The van der Waals surface area contributed by atoms with Crippen LogP contribution in [0, 0.1) is 0 Å². The lowest BCUT2D eigenvalue weighted by atomic mass is 10.3. The summed E-state index contributed by atoms with van der Waals surface area (Å²) in [6.07, 6.45) is 0. The number of rotatable bonds is 9. The quantitative estimate of drug-likeness (QED) is 0.259. The van der Waals surface area contributed by atoms with Crippen molar-refractivity contribution in [3.8, 4) is 0 Å². The maximum Gasteiger partial charge on any atom is 0.298 e. The van der Waals surface area contributed by atoms with E-state index in [4.69, 9.17) is 4.55 Å². The number of nitrogens with zero attached hydrogens (tertiary/aromatic N) is 2. The zero-order valence-electron chi connectivity index (χ0n) is 13.2. The smallest absolute Gasteiger partial charge is 0.298 e. The largest absolute Gasteiger partial charge is 0.362 e. The molecule has 142 valence electrons. The lowest BCUT2D eigenvalue weighted by Crippen LogP contribution is -2.16. The van der Waals surface area contributed by atoms with Gasteiger partial charge in [-0.25, -0.2) is 8.42 Å². The van der Waals surface area contributed by atoms with Crippen molar-refractivity contribution in [2.45, 2.75) is 9.79 Å². The molecule has 1 rings (SSSR count). The summed E-state index contributed by atoms with van der Waals surface area (Å²) in [5, 5.41) is 7.04.